The molecule has 3 aliphatic rings. The van der Waals surface area contributed by atoms with E-state index >= 15 is 0 Å². The Balaban J connectivity index is 0.000000563. The first-order valence-electron chi connectivity index (χ1n) is 3.48. The standard InChI is InChI=1S/C7H6O4.Na/c8-6(9)7-2-1-3-4(10-3)5(7)11-7;/h1-5H,(H,8,9);/q;+1/p-1. The first-order chi connectivity index (χ1) is 5.24. The van der Waals surface area contributed by atoms with Crippen LogP contribution in [-0.4, -0.2) is 29.9 Å². The van der Waals surface area contributed by atoms with Gasteiger partial charge in [-0.2, -0.15) is 0 Å². The number of rotatable bonds is 1. The summed E-state index contributed by atoms with van der Waals surface area (Å²) in [6.45, 7) is 0. The van der Waals surface area contributed by atoms with Gasteiger partial charge >= 0.3 is 29.6 Å². The zero-order valence-electron chi connectivity index (χ0n) is 6.52. The van der Waals surface area contributed by atoms with Crippen LogP contribution >= 0.6 is 0 Å². The van der Waals surface area contributed by atoms with Crippen molar-refractivity contribution in [3.8, 4) is 0 Å². The van der Waals surface area contributed by atoms with Crippen LogP contribution in [0.5, 0.6) is 0 Å². The van der Waals surface area contributed by atoms with Crippen molar-refractivity contribution < 1.29 is 48.9 Å². The van der Waals surface area contributed by atoms with Crippen molar-refractivity contribution >= 4 is 5.97 Å². The maximum Gasteiger partial charge on any atom is 1.00 e. The molecule has 0 radical (unpaired) electrons. The molecule has 12 heavy (non-hydrogen) atoms. The van der Waals surface area contributed by atoms with E-state index < -0.39 is 11.6 Å². The molecular formula is C7H5NaO4. The van der Waals surface area contributed by atoms with E-state index in [0.29, 0.717) is 0 Å². The predicted octanol–water partition coefficient (Wildman–Crippen LogP) is -4.78. The number of hydrogen-bond donors (Lipinski definition) is 0. The fourth-order valence-electron chi connectivity index (χ4n) is 1.63. The SMILES string of the molecule is O=C([O-])C12C=CC3OC3C1O2.[Na+]. The number of carboxylic acid groups (broad SMARTS) is 1. The quantitative estimate of drug-likeness (QED) is 0.228. The summed E-state index contributed by atoms with van der Waals surface area (Å²) in [7, 11) is 0. The fourth-order valence-corrected chi connectivity index (χ4v) is 1.63. The van der Waals surface area contributed by atoms with Gasteiger partial charge in [-0.25, -0.2) is 0 Å². The van der Waals surface area contributed by atoms with Gasteiger partial charge in [0.15, 0.2) is 5.60 Å². The number of epoxide rings is 2. The van der Waals surface area contributed by atoms with E-state index in [9.17, 15) is 9.90 Å². The first-order valence-corrected chi connectivity index (χ1v) is 3.48. The van der Waals surface area contributed by atoms with E-state index in [4.69, 9.17) is 9.47 Å². The third-order valence-electron chi connectivity index (χ3n) is 2.40. The Bertz CT molecular complexity index is 277. The van der Waals surface area contributed by atoms with Crippen LogP contribution in [0.1, 0.15) is 0 Å². The number of carbonyl (C=O) groups is 1. The monoisotopic (exact) mass is 176 g/mol. The molecule has 0 aromatic heterocycles. The molecule has 1 aliphatic carbocycles. The molecule has 2 heterocycles. The van der Waals surface area contributed by atoms with Crippen molar-refractivity contribution in [2.45, 2.75) is 23.9 Å². The van der Waals surface area contributed by atoms with Crippen LogP contribution < -0.4 is 34.7 Å². The normalized spacial score (nSPS) is 51.5. The Labute approximate surface area is 90.8 Å². The summed E-state index contributed by atoms with van der Waals surface area (Å²) in [4.78, 5) is 10.5. The summed E-state index contributed by atoms with van der Waals surface area (Å²) < 4.78 is 10.1. The predicted molar refractivity (Wildman–Crippen MR) is 30.4 cm³/mol. The van der Waals surface area contributed by atoms with Crippen LogP contribution in [0.2, 0.25) is 0 Å². The summed E-state index contributed by atoms with van der Waals surface area (Å²) in [6, 6.07) is 0. The van der Waals surface area contributed by atoms with Gasteiger partial charge in [0.25, 0.3) is 0 Å². The molecule has 0 N–H and O–H groups in total. The summed E-state index contributed by atoms with van der Waals surface area (Å²) in [6.07, 6.45) is 3.03. The minimum atomic E-state index is -1.16. The zero-order chi connectivity index (χ0) is 7.64. The number of hydrogen-bond acceptors (Lipinski definition) is 4. The molecule has 58 valence electrons. The van der Waals surface area contributed by atoms with Gasteiger partial charge in [-0.1, -0.05) is 6.08 Å². The van der Waals surface area contributed by atoms with Crippen molar-refractivity contribution in [3.05, 3.63) is 12.2 Å². The van der Waals surface area contributed by atoms with Gasteiger partial charge < -0.3 is 19.4 Å². The molecule has 4 atom stereocenters. The summed E-state index contributed by atoms with van der Waals surface area (Å²) in [5.41, 5.74) is -1.14. The van der Waals surface area contributed by atoms with Crippen LogP contribution in [0.15, 0.2) is 12.2 Å². The Morgan fingerprint density at radius 2 is 2.33 bits per heavy atom. The Hall–Kier alpha value is 0.130. The molecule has 0 saturated carbocycles. The summed E-state index contributed by atoms with van der Waals surface area (Å²) >= 11 is 0. The molecule has 2 saturated heterocycles. The Morgan fingerprint density at radius 3 is 3.00 bits per heavy atom. The van der Waals surface area contributed by atoms with Gasteiger partial charge in [-0.3, -0.25) is 0 Å². The van der Waals surface area contributed by atoms with Gasteiger partial charge in [-0.05, 0) is 6.08 Å². The van der Waals surface area contributed by atoms with Crippen LogP contribution in [0.3, 0.4) is 0 Å². The first kappa shape index (κ1) is 8.72. The number of ether oxygens (including phenoxy) is 2. The Kier molecular flexibility index (Phi) is 1.69. The molecule has 3 rings (SSSR count). The molecule has 0 aromatic rings. The molecule has 0 aromatic carbocycles. The largest absolute Gasteiger partial charge is 1.00 e. The number of fused-ring (bicyclic) bond motifs is 3. The third kappa shape index (κ3) is 0.871. The van der Waals surface area contributed by atoms with E-state index in [0.717, 1.165) is 0 Å². The third-order valence-corrected chi connectivity index (χ3v) is 2.40. The molecule has 4 unspecified atom stereocenters. The molecule has 0 bridgehead atoms. The van der Waals surface area contributed by atoms with E-state index in [1.54, 1.807) is 6.08 Å². The van der Waals surface area contributed by atoms with E-state index in [1.165, 1.54) is 6.08 Å². The van der Waals surface area contributed by atoms with Crippen LogP contribution in [0.4, 0.5) is 0 Å². The average Bonchev–Trinajstić information content (AvgIpc) is 2.81. The van der Waals surface area contributed by atoms with Crippen molar-refractivity contribution in [1.29, 1.82) is 0 Å². The zero-order valence-corrected chi connectivity index (χ0v) is 8.52. The van der Waals surface area contributed by atoms with E-state index in [2.05, 4.69) is 0 Å². The molecule has 0 spiro atoms. The van der Waals surface area contributed by atoms with Crippen LogP contribution in [0, 0.1) is 0 Å². The van der Waals surface area contributed by atoms with Gasteiger partial charge in [0.2, 0.25) is 0 Å². The number of carboxylic acids is 1. The summed E-state index contributed by atoms with van der Waals surface area (Å²) in [5, 5.41) is 10.5. The maximum absolute atomic E-state index is 10.5. The van der Waals surface area contributed by atoms with Crippen LogP contribution in [-0.2, 0) is 14.3 Å². The molecular weight excluding hydrogens is 171 g/mol. The van der Waals surface area contributed by atoms with E-state index in [1.807, 2.05) is 0 Å². The average molecular weight is 176 g/mol. The van der Waals surface area contributed by atoms with Crippen molar-refractivity contribution in [2.24, 2.45) is 0 Å². The van der Waals surface area contributed by atoms with Gasteiger partial charge in [0.05, 0.1) is 5.97 Å². The topological polar surface area (TPSA) is 65.2 Å². The van der Waals surface area contributed by atoms with Crippen molar-refractivity contribution in [2.75, 3.05) is 0 Å². The fraction of sp³-hybridized carbons (Fsp3) is 0.571. The second kappa shape index (κ2) is 2.33. The minimum absolute atomic E-state index is 0. The molecule has 2 aliphatic heterocycles. The molecule has 0 amide bonds. The van der Waals surface area contributed by atoms with Crippen molar-refractivity contribution in [1.82, 2.24) is 0 Å². The van der Waals surface area contributed by atoms with Gasteiger partial charge in [0, 0.05) is 0 Å². The minimum Gasteiger partial charge on any atom is -0.547 e. The number of carbonyl (C=O) groups excluding carboxylic acids is 1. The van der Waals surface area contributed by atoms with Crippen LogP contribution in [0.25, 0.3) is 0 Å². The number of aliphatic carboxylic acids is 1. The van der Waals surface area contributed by atoms with Gasteiger partial charge in [-0.15, -0.1) is 0 Å². The van der Waals surface area contributed by atoms with Gasteiger partial charge in [0.1, 0.15) is 18.3 Å². The maximum atomic E-state index is 10.5. The smallest absolute Gasteiger partial charge is 0.547 e. The van der Waals surface area contributed by atoms with Crippen molar-refractivity contribution in [3.63, 3.8) is 0 Å². The molecule has 2 fully saturated rings. The second-order valence-corrected chi connectivity index (χ2v) is 3.04. The second-order valence-electron chi connectivity index (χ2n) is 3.04. The Morgan fingerprint density at radius 1 is 1.58 bits per heavy atom. The molecule has 5 heteroatoms. The molecule has 4 nitrogen and oxygen atoms in total. The van der Waals surface area contributed by atoms with E-state index in [-0.39, 0.29) is 47.9 Å². The summed E-state index contributed by atoms with van der Waals surface area (Å²) in [5.74, 6) is -1.16.